The summed E-state index contributed by atoms with van der Waals surface area (Å²) in [5.74, 6) is -0.929. The second kappa shape index (κ2) is 43.8. The Morgan fingerprint density at radius 1 is 0.382 bits per heavy atom. The van der Waals surface area contributed by atoms with E-state index < -0.39 is 6.10 Å². The molecule has 0 aromatic rings. The largest absolute Gasteiger partial charge is 0.462 e. The highest BCUT2D eigenvalue weighted by molar-refractivity contribution is 5.71. The van der Waals surface area contributed by atoms with E-state index in [0.717, 1.165) is 122 Å². The monoisotopic (exact) mass is 769 g/mol. The van der Waals surface area contributed by atoms with Gasteiger partial charge in [-0.25, -0.2) is 0 Å². The van der Waals surface area contributed by atoms with Crippen LogP contribution < -0.4 is 0 Å². The molecule has 0 fully saturated rings. The highest BCUT2D eigenvalue weighted by Gasteiger charge is 2.19. The second-order valence-corrected chi connectivity index (χ2v) is 14.9. The average Bonchev–Trinajstić information content (AvgIpc) is 3.18. The van der Waals surface area contributed by atoms with Crippen molar-refractivity contribution in [2.24, 2.45) is 0 Å². The third-order valence-electron chi connectivity index (χ3n) is 9.46. The van der Waals surface area contributed by atoms with Crippen molar-refractivity contribution in [1.82, 2.24) is 0 Å². The average molecular weight is 769 g/mol. The van der Waals surface area contributed by atoms with Gasteiger partial charge in [0, 0.05) is 19.3 Å². The molecule has 6 heteroatoms. The number of allylic oxidation sites excluding steroid dienone is 10. The smallest absolute Gasteiger partial charge is 0.306 e. The first kappa shape index (κ1) is 52.1. The Morgan fingerprint density at radius 2 is 0.745 bits per heavy atom. The van der Waals surface area contributed by atoms with Gasteiger partial charge in [-0.2, -0.15) is 0 Å². The van der Waals surface area contributed by atoms with Crippen LogP contribution in [0.15, 0.2) is 60.8 Å². The summed E-state index contributed by atoms with van der Waals surface area (Å²) in [6.07, 6.45) is 52.0. The molecule has 1 atom stereocenters. The maximum Gasteiger partial charge on any atom is 0.306 e. The van der Waals surface area contributed by atoms with Gasteiger partial charge in [0.05, 0.1) is 0 Å². The maximum absolute atomic E-state index is 12.7. The minimum Gasteiger partial charge on any atom is -0.462 e. The molecule has 6 nitrogen and oxygen atoms in total. The van der Waals surface area contributed by atoms with Crippen LogP contribution in [0.2, 0.25) is 0 Å². The number of ether oxygens (including phenoxy) is 3. The third-order valence-corrected chi connectivity index (χ3v) is 9.46. The van der Waals surface area contributed by atoms with Crippen molar-refractivity contribution in [1.29, 1.82) is 0 Å². The van der Waals surface area contributed by atoms with E-state index in [-0.39, 0.29) is 31.1 Å². The van der Waals surface area contributed by atoms with E-state index in [1.807, 2.05) is 0 Å². The molecule has 0 spiro atoms. The molecule has 0 amide bonds. The highest BCUT2D eigenvalue weighted by Crippen LogP contribution is 2.13. The number of hydrogen-bond acceptors (Lipinski definition) is 6. The molecule has 0 N–H and O–H groups in total. The van der Waals surface area contributed by atoms with Gasteiger partial charge in [0.2, 0.25) is 0 Å². The van der Waals surface area contributed by atoms with E-state index >= 15 is 0 Å². The predicted molar refractivity (Wildman–Crippen MR) is 233 cm³/mol. The van der Waals surface area contributed by atoms with Crippen molar-refractivity contribution < 1.29 is 28.6 Å². The molecule has 55 heavy (non-hydrogen) atoms. The Balaban J connectivity index is 4.41. The second-order valence-electron chi connectivity index (χ2n) is 14.9. The van der Waals surface area contributed by atoms with Gasteiger partial charge in [0.15, 0.2) is 6.10 Å². The van der Waals surface area contributed by atoms with Crippen LogP contribution in [0.1, 0.15) is 213 Å². The van der Waals surface area contributed by atoms with Crippen molar-refractivity contribution in [3.05, 3.63) is 60.8 Å². The molecule has 0 radical (unpaired) electrons. The van der Waals surface area contributed by atoms with Crippen LogP contribution in [0.3, 0.4) is 0 Å². The molecule has 0 aromatic carbocycles. The van der Waals surface area contributed by atoms with Gasteiger partial charge < -0.3 is 14.2 Å². The van der Waals surface area contributed by atoms with E-state index in [2.05, 4.69) is 81.5 Å². The summed E-state index contributed by atoms with van der Waals surface area (Å²) in [6.45, 7) is 6.39. The zero-order valence-electron chi connectivity index (χ0n) is 35.9. The van der Waals surface area contributed by atoms with Gasteiger partial charge in [-0.1, -0.05) is 159 Å². The molecule has 0 aromatic heterocycles. The number of esters is 3. The molecular weight excluding hydrogens is 685 g/mol. The lowest BCUT2D eigenvalue weighted by Crippen LogP contribution is -2.30. The molecule has 0 rings (SSSR count). The minimum absolute atomic E-state index is 0.0883. The Hall–Kier alpha value is -2.89. The van der Waals surface area contributed by atoms with E-state index in [9.17, 15) is 14.4 Å². The van der Waals surface area contributed by atoms with Gasteiger partial charge >= 0.3 is 17.9 Å². The van der Waals surface area contributed by atoms with Crippen molar-refractivity contribution in [2.75, 3.05) is 13.2 Å². The van der Waals surface area contributed by atoms with Crippen molar-refractivity contribution in [2.45, 2.75) is 219 Å². The SMILES string of the molecule is CC/C=C\C/C=C\C/C=C\CCCCCCCC(=O)OCC(COC(=O)CCCCCCC/C=C\CCC)OC(=O)CCCCCCC/C=C\CCCCC. The summed E-state index contributed by atoms with van der Waals surface area (Å²) >= 11 is 0. The lowest BCUT2D eigenvalue weighted by atomic mass is 10.1. The first-order valence-corrected chi connectivity index (χ1v) is 22.8. The summed E-state index contributed by atoms with van der Waals surface area (Å²) in [5.41, 5.74) is 0. The molecule has 0 aliphatic heterocycles. The molecule has 0 heterocycles. The zero-order valence-corrected chi connectivity index (χ0v) is 35.9. The number of hydrogen-bond donors (Lipinski definition) is 0. The van der Waals surface area contributed by atoms with E-state index in [4.69, 9.17) is 14.2 Å². The van der Waals surface area contributed by atoms with Crippen molar-refractivity contribution >= 4 is 17.9 Å². The maximum atomic E-state index is 12.7. The summed E-state index contributed by atoms with van der Waals surface area (Å²) < 4.78 is 16.7. The predicted octanol–water partition coefficient (Wildman–Crippen LogP) is 14.5. The molecule has 0 aliphatic carbocycles. The number of carbonyl (C=O) groups excluding carboxylic acids is 3. The Bertz CT molecular complexity index is 1020. The fraction of sp³-hybridized carbons (Fsp3) is 0.735. The van der Waals surface area contributed by atoms with Gasteiger partial charge in [-0.3, -0.25) is 14.4 Å². The Labute approximate surface area is 339 Å². The minimum atomic E-state index is -0.785. The van der Waals surface area contributed by atoms with Gasteiger partial charge in [-0.05, 0) is 96.3 Å². The van der Waals surface area contributed by atoms with Crippen LogP contribution in [-0.2, 0) is 28.6 Å². The molecule has 0 saturated heterocycles. The van der Waals surface area contributed by atoms with Crippen LogP contribution in [0.4, 0.5) is 0 Å². The number of carbonyl (C=O) groups is 3. The topological polar surface area (TPSA) is 78.9 Å². The van der Waals surface area contributed by atoms with Crippen LogP contribution >= 0.6 is 0 Å². The first-order valence-electron chi connectivity index (χ1n) is 22.8. The summed E-state index contributed by atoms with van der Waals surface area (Å²) in [7, 11) is 0. The van der Waals surface area contributed by atoms with Crippen LogP contribution in [0.25, 0.3) is 0 Å². The zero-order chi connectivity index (χ0) is 40.1. The normalized spacial score (nSPS) is 12.6. The van der Waals surface area contributed by atoms with Crippen LogP contribution in [0.5, 0.6) is 0 Å². The Kier molecular flexibility index (Phi) is 41.5. The Morgan fingerprint density at radius 3 is 1.20 bits per heavy atom. The van der Waals surface area contributed by atoms with Gasteiger partial charge in [0.1, 0.15) is 13.2 Å². The fourth-order valence-electron chi connectivity index (χ4n) is 6.04. The lowest BCUT2D eigenvalue weighted by Gasteiger charge is -2.18. The quantitative estimate of drug-likeness (QED) is 0.0267. The third kappa shape index (κ3) is 42.1. The molecule has 0 aliphatic rings. The van der Waals surface area contributed by atoms with Crippen molar-refractivity contribution in [3.63, 3.8) is 0 Å². The molecular formula is C49H84O6. The van der Waals surface area contributed by atoms with Gasteiger partial charge in [0.25, 0.3) is 0 Å². The molecule has 0 saturated carbocycles. The van der Waals surface area contributed by atoms with E-state index in [1.165, 1.54) is 51.4 Å². The van der Waals surface area contributed by atoms with Gasteiger partial charge in [-0.15, -0.1) is 0 Å². The lowest BCUT2D eigenvalue weighted by molar-refractivity contribution is -0.167. The van der Waals surface area contributed by atoms with Crippen LogP contribution in [0, 0.1) is 0 Å². The molecule has 1 unspecified atom stereocenters. The molecule has 316 valence electrons. The fourth-order valence-corrected chi connectivity index (χ4v) is 6.04. The number of rotatable bonds is 40. The standard InChI is InChI=1S/C49H84O6/c1-4-7-10-13-16-19-22-24-25-26-28-30-33-36-39-42-48(51)54-45-46(44-53-47(50)41-38-35-32-29-21-18-15-12-9-6-3)55-49(52)43-40-37-34-31-27-23-20-17-14-11-8-5-2/h7,10,12,15-17,19-20,24-25,46H,4-6,8-9,11,13-14,18,21-23,26-45H2,1-3H3/b10-7-,15-12-,19-16-,20-17-,25-24-. The van der Waals surface area contributed by atoms with Crippen molar-refractivity contribution in [3.8, 4) is 0 Å². The summed E-state index contributed by atoms with van der Waals surface area (Å²) in [5, 5.41) is 0. The summed E-state index contributed by atoms with van der Waals surface area (Å²) in [6, 6.07) is 0. The highest BCUT2D eigenvalue weighted by atomic mass is 16.6. The van der Waals surface area contributed by atoms with E-state index in [0.29, 0.717) is 19.3 Å². The van der Waals surface area contributed by atoms with E-state index in [1.54, 1.807) is 0 Å². The van der Waals surface area contributed by atoms with Crippen LogP contribution in [-0.4, -0.2) is 37.2 Å². The number of unbranched alkanes of at least 4 members (excludes halogenated alkanes) is 19. The first-order chi connectivity index (χ1) is 27.0. The summed E-state index contributed by atoms with van der Waals surface area (Å²) in [4.78, 5) is 37.7. The molecule has 0 bridgehead atoms.